The van der Waals surface area contributed by atoms with Gasteiger partial charge in [0.15, 0.2) is 0 Å². The van der Waals surface area contributed by atoms with Crippen LogP contribution in [0.25, 0.3) is 0 Å². The highest BCUT2D eigenvalue weighted by Crippen LogP contribution is 2.11. The summed E-state index contributed by atoms with van der Waals surface area (Å²) in [6.45, 7) is 9.59. The summed E-state index contributed by atoms with van der Waals surface area (Å²) in [5, 5.41) is 10.9. The van der Waals surface area contributed by atoms with Gasteiger partial charge >= 0.3 is 0 Å². The second-order valence-corrected chi connectivity index (χ2v) is 4.57. The molecule has 0 radical (unpaired) electrons. The van der Waals surface area contributed by atoms with Gasteiger partial charge in [-0.3, -0.25) is 5.10 Å². The maximum atomic E-state index is 4.22. The average molecular weight is 223 g/mol. The van der Waals surface area contributed by atoms with E-state index in [2.05, 4.69) is 43.2 Å². The Labute approximate surface area is 99.0 Å². The third-order valence-corrected chi connectivity index (χ3v) is 3.12. The molecule has 3 nitrogen and oxygen atoms in total. The molecule has 0 aliphatic rings. The summed E-state index contributed by atoms with van der Waals surface area (Å²) in [4.78, 5) is 0. The number of nitrogens with one attached hydrogen (secondary N) is 2. The van der Waals surface area contributed by atoms with Crippen molar-refractivity contribution in [3.63, 3.8) is 0 Å². The molecule has 0 aromatic carbocycles. The van der Waals surface area contributed by atoms with Gasteiger partial charge in [0.2, 0.25) is 0 Å². The molecular formula is C13H25N3. The number of H-pyrrole nitrogens is 1. The first-order chi connectivity index (χ1) is 7.69. The normalized spacial score (nSPS) is 11.3. The van der Waals surface area contributed by atoms with Crippen molar-refractivity contribution in [2.45, 2.75) is 66.0 Å². The molecule has 2 N–H and O–H groups in total. The molecule has 3 heteroatoms. The predicted molar refractivity (Wildman–Crippen MR) is 68.5 cm³/mol. The number of aromatic amines is 1. The Morgan fingerprint density at radius 1 is 1.19 bits per heavy atom. The second-order valence-electron chi connectivity index (χ2n) is 4.57. The van der Waals surface area contributed by atoms with Crippen LogP contribution in [0.1, 0.15) is 56.5 Å². The first kappa shape index (κ1) is 13.2. The largest absolute Gasteiger partial charge is 0.310 e. The maximum absolute atomic E-state index is 4.22. The van der Waals surface area contributed by atoms with Gasteiger partial charge in [0.25, 0.3) is 0 Å². The molecular weight excluding hydrogens is 198 g/mol. The summed E-state index contributed by atoms with van der Waals surface area (Å²) < 4.78 is 0. The van der Waals surface area contributed by atoms with Crippen molar-refractivity contribution in [1.82, 2.24) is 15.5 Å². The summed E-state index contributed by atoms with van der Waals surface area (Å²) >= 11 is 0. The Kier molecular flexibility index (Phi) is 5.53. The van der Waals surface area contributed by atoms with Crippen LogP contribution in [0.4, 0.5) is 0 Å². The van der Waals surface area contributed by atoms with E-state index >= 15 is 0 Å². The Morgan fingerprint density at radius 3 is 2.25 bits per heavy atom. The lowest BCUT2D eigenvalue weighted by Gasteiger charge is -2.17. The molecule has 0 fully saturated rings. The molecule has 0 atom stereocenters. The molecule has 1 aromatic heterocycles. The monoisotopic (exact) mass is 223 g/mol. The first-order valence-corrected chi connectivity index (χ1v) is 6.42. The molecule has 0 spiro atoms. The van der Waals surface area contributed by atoms with Crippen molar-refractivity contribution in [3.05, 3.63) is 17.0 Å². The van der Waals surface area contributed by atoms with Crippen LogP contribution in [-0.2, 0) is 6.54 Å². The molecule has 0 unspecified atom stereocenters. The van der Waals surface area contributed by atoms with Gasteiger partial charge in [0, 0.05) is 23.8 Å². The van der Waals surface area contributed by atoms with E-state index in [0.29, 0.717) is 6.04 Å². The van der Waals surface area contributed by atoms with Crippen LogP contribution in [-0.4, -0.2) is 16.2 Å². The first-order valence-electron chi connectivity index (χ1n) is 6.42. The van der Waals surface area contributed by atoms with E-state index in [1.165, 1.54) is 36.9 Å². The highest BCUT2D eigenvalue weighted by molar-refractivity contribution is 5.22. The quantitative estimate of drug-likeness (QED) is 0.746. The topological polar surface area (TPSA) is 40.7 Å². The van der Waals surface area contributed by atoms with Crippen molar-refractivity contribution in [2.75, 3.05) is 0 Å². The molecule has 1 rings (SSSR count). The van der Waals surface area contributed by atoms with Gasteiger partial charge in [0.05, 0.1) is 5.69 Å². The third kappa shape index (κ3) is 3.63. The van der Waals surface area contributed by atoms with Crippen LogP contribution in [0.3, 0.4) is 0 Å². The van der Waals surface area contributed by atoms with Crippen molar-refractivity contribution in [1.29, 1.82) is 0 Å². The summed E-state index contributed by atoms with van der Waals surface area (Å²) in [6, 6.07) is 0.656. The third-order valence-electron chi connectivity index (χ3n) is 3.12. The Morgan fingerprint density at radius 2 is 1.81 bits per heavy atom. The fourth-order valence-electron chi connectivity index (χ4n) is 2.13. The van der Waals surface area contributed by atoms with Crippen molar-refractivity contribution < 1.29 is 0 Å². The molecule has 1 aromatic rings. The fraction of sp³-hybridized carbons (Fsp3) is 0.769. The van der Waals surface area contributed by atoms with E-state index in [0.717, 1.165) is 12.2 Å². The van der Waals surface area contributed by atoms with E-state index < -0.39 is 0 Å². The molecule has 16 heavy (non-hydrogen) atoms. The molecule has 1 heterocycles. The minimum absolute atomic E-state index is 0.656. The van der Waals surface area contributed by atoms with Crippen LogP contribution in [0, 0.1) is 13.8 Å². The van der Waals surface area contributed by atoms with Crippen molar-refractivity contribution in [3.8, 4) is 0 Å². The molecule has 0 aliphatic carbocycles. The van der Waals surface area contributed by atoms with Gasteiger partial charge in [0.1, 0.15) is 0 Å². The molecule has 0 saturated heterocycles. The molecule has 0 amide bonds. The standard InChI is InChI=1S/C13H25N3/c1-5-7-12(8-6-2)14-9-13-10(3)15-16-11(13)4/h12,14H,5-9H2,1-4H3,(H,15,16). The van der Waals surface area contributed by atoms with Crippen molar-refractivity contribution in [2.24, 2.45) is 0 Å². The van der Waals surface area contributed by atoms with E-state index in [1.807, 2.05) is 0 Å². The number of nitrogens with zero attached hydrogens (tertiary/aromatic N) is 1. The minimum Gasteiger partial charge on any atom is -0.310 e. The van der Waals surface area contributed by atoms with Crippen LogP contribution in [0.2, 0.25) is 0 Å². The average Bonchev–Trinajstić information content (AvgIpc) is 2.56. The Balaban J connectivity index is 2.48. The van der Waals surface area contributed by atoms with Crippen LogP contribution in [0.15, 0.2) is 0 Å². The van der Waals surface area contributed by atoms with E-state index in [-0.39, 0.29) is 0 Å². The highest BCUT2D eigenvalue weighted by Gasteiger charge is 2.09. The van der Waals surface area contributed by atoms with Gasteiger partial charge in [-0.25, -0.2) is 0 Å². The molecule has 0 aliphatic heterocycles. The highest BCUT2D eigenvalue weighted by atomic mass is 15.1. The van der Waals surface area contributed by atoms with Gasteiger partial charge in [-0.15, -0.1) is 0 Å². The van der Waals surface area contributed by atoms with E-state index in [1.54, 1.807) is 0 Å². The van der Waals surface area contributed by atoms with Gasteiger partial charge < -0.3 is 5.32 Å². The molecule has 0 bridgehead atoms. The SMILES string of the molecule is CCCC(CCC)NCc1c(C)n[nH]c1C. The van der Waals surface area contributed by atoms with Gasteiger partial charge in [-0.1, -0.05) is 26.7 Å². The van der Waals surface area contributed by atoms with E-state index in [9.17, 15) is 0 Å². The lowest BCUT2D eigenvalue weighted by atomic mass is 10.1. The number of aromatic nitrogens is 2. The lowest BCUT2D eigenvalue weighted by Crippen LogP contribution is -2.28. The fourth-order valence-corrected chi connectivity index (χ4v) is 2.13. The van der Waals surface area contributed by atoms with Crippen LogP contribution < -0.4 is 5.32 Å². The molecule has 0 saturated carbocycles. The smallest absolute Gasteiger partial charge is 0.0638 e. The summed E-state index contributed by atoms with van der Waals surface area (Å²) in [6.07, 6.45) is 5.04. The predicted octanol–water partition coefficient (Wildman–Crippen LogP) is 3.08. The zero-order valence-corrected chi connectivity index (χ0v) is 11.1. The summed E-state index contributed by atoms with van der Waals surface area (Å²) in [5.41, 5.74) is 3.64. The second kappa shape index (κ2) is 6.69. The number of aryl methyl sites for hydroxylation is 2. The van der Waals surface area contributed by atoms with E-state index in [4.69, 9.17) is 0 Å². The number of rotatable bonds is 7. The summed E-state index contributed by atoms with van der Waals surface area (Å²) in [5.74, 6) is 0. The maximum Gasteiger partial charge on any atom is 0.0638 e. The Bertz CT molecular complexity index is 279. The van der Waals surface area contributed by atoms with Gasteiger partial charge in [-0.2, -0.15) is 5.10 Å². The number of hydrogen-bond donors (Lipinski definition) is 2. The minimum atomic E-state index is 0.656. The zero-order chi connectivity index (χ0) is 12.0. The van der Waals surface area contributed by atoms with Crippen LogP contribution in [0.5, 0.6) is 0 Å². The number of hydrogen-bond acceptors (Lipinski definition) is 2. The van der Waals surface area contributed by atoms with Gasteiger partial charge in [-0.05, 0) is 26.7 Å². The summed E-state index contributed by atoms with van der Waals surface area (Å²) in [7, 11) is 0. The Hall–Kier alpha value is -0.830. The molecule has 92 valence electrons. The van der Waals surface area contributed by atoms with Crippen LogP contribution >= 0.6 is 0 Å². The lowest BCUT2D eigenvalue weighted by molar-refractivity contribution is 0.442. The zero-order valence-electron chi connectivity index (χ0n) is 11.1. The van der Waals surface area contributed by atoms with Crippen molar-refractivity contribution >= 4 is 0 Å².